The van der Waals surface area contributed by atoms with E-state index in [4.69, 9.17) is 4.99 Å². The maximum Gasteiger partial charge on any atom is 0.193 e. The summed E-state index contributed by atoms with van der Waals surface area (Å²) in [6.45, 7) is 16.8. The SMILES string of the molecule is C=CCCCCCN(C)C(=NCCCCN(CC)CC)NCC.I. The number of rotatable bonds is 14. The number of allylic oxidation sites excluding steroid dienone is 1. The summed E-state index contributed by atoms with van der Waals surface area (Å²) in [6, 6.07) is 0. The van der Waals surface area contributed by atoms with E-state index in [0.717, 1.165) is 45.1 Å². The average Bonchev–Trinajstić information content (AvgIpc) is 2.56. The molecule has 144 valence electrons. The van der Waals surface area contributed by atoms with Crippen LogP contribution in [0.5, 0.6) is 0 Å². The number of halogens is 1. The van der Waals surface area contributed by atoms with Gasteiger partial charge in [0.25, 0.3) is 0 Å². The highest BCUT2D eigenvalue weighted by Gasteiger charge is 2.05. The summed E-state index contributed by atoms with van der Waals surface area (Å²) in [4.78, 5) is 9.52. The van der Waals surface area contributed by atoms with Gasteiger partial charge in [0.1, 0.15) is 0 Å². The van der Waals surface area contributed by atoms with Crippen molar-refractivity contribution in [2.75, 3.05) is 46.3 Å². The maximum absolute atomic E-state index is 4.77. The second-order valence-corrected chi connectivity index (χ2v) is 6.03. The third-order valence-electron chi connectivity index (χ3n) is 4.14. The Kier molecular flexibility index (Phi) is 20.6. The van der Waals surface area contributed by atoms with Crippen LogP contribution in [0.3, 0.4) is 0 Å². The molecule has 0 radical (unpaired) electrons. The molecule has 0 aliphatic rings. The molecule has 0 unspecified atom stereocenters. The van der Waals surface area contributed by atoms with Crippen molar-refractivity contribution < 1.29 is 0 Å². The van der Waals surface area contributed by atoms with Crippen molar-refractivity contribution in [1.82, 2.24) is 15.1 Å². The predicted molar refractivity (Wildman–Crippen MR) is 120 cm³/mol. The van der Waals surface area contributed by atoms with Crippen LogP contribution < -0.4 is 5.32 Å². The highest BCUT2D eigenvalue weighted by atomic mass is 127. The summed E-state index contributed by atoms with van der Waals surface area (Å²) in [6.07, 6.45) is 9.26. The van der Waals surface area contributed by atoms with E-state index in [1.807, 2.05) is 6.08 Å². The van der Waals surface area contributed by atoms with Gasteiger partial charge in [-0.1, -0.05) is 26.3 Å². The molecule has 0 spiro atoms. The lowest BCUT2D eigenvalue weighted by atomic mass is 10.2. The molecule has 0 atom stereocenters. The van der Waals surface area contributed by atoms with Crippen LogP contribution in [0.2, 0.25) is 0 Å². The van der Waals surface area contributed by atoms with E-state index in [2.05, 4.69) is 49.5 Å². The lowest BCUT2D eigenvalue weighted by Crippen LogP contribution is -2.39. The van der Waals surface area contributed by atoms with Crippen LogP contribution in [0.15, 0.2) is 17.6 Å². The van der Waals surface area contributed by atoms with Gasteiger partial charge in [0.2, 0.25) is 0 Å². The van der Waals surface area contributed by atoms with Gasteiger partial charge in [0, 0.05) is 26.7 Å². The summed E-state index contributed by atoms with van der Waals surface area (Å²) >= 11 is 0. The predicted octanol–water partition coefficient (Wildman–Crippen LogP) is 4.37. The average molecular weight is 452 g/mol. The van der Waals surface area contributed by atoms with Gasteiger partial charge in [-0.15, -0.1) is 30.6 Å². The lowest BCUT2D eigenvalue weighted by molar-refractivity contribution is 0.297. The van der Waals surface area contributed by atoms with E-state index < -0.39 is 0 Å². The zero-order chi connectivity index (χ0) is 17.3. The number of aliphatic imine (C=N–C) groups is 1. The summed E-state index contributed by atoms with van der Waals surface area (Å²) in [5, 5.41) is 3.41. The first-order valence-electron chi connectivity index (χ1n) is 9.52. The summed E-state index contributed by atoms with van der Waals surface area (Å²) in [7, 11) is 2.14. The smallest absolute Gasteiger partial charge is 0.193 e. The second-order valence-electron chi connectivity index (χ2n) is 6.03. The Morgan fingerprint density at radius 2 is 1.67 bits per heavy atom. The quantitative estimate of drug-likeness (QED) is 0.140. The minimum atomic E-state index is 0. The van der Waals surface area contributed by atoms with Gasteiger partial charge in [0.15, 0.2) is 5.96 Å². The molecule has 24 heavy (non-hydrogen) atoms. The fourth-order valence-electron chi connectivity index (χ4n) is 2.56. The van der Waals surface area contributed by atoms with Crippen LogP contribution in [0, 0.1) is 0 Å². The van der Waals surface area contributed by atoms with Gasteiger partial charge in [-0.3, -0.25) is 4.99 Å². The van der Waals surface area contributed by atoms with Gasteiger partial charge < -0.3 is 15.1 Å². The molecule has 0 saturated heterocycles. The van der Waals surface area contributed by atoms with E-state index in [0.29, 0.717) is 0 Å². The molecule has 0 saturated carbocycles. The van der Waals surface area contributed by atoms with Crippen molar-refractivity contribution in [3.05, 3.63) is 12.7 Å². The number of hydrogen-bond acceptors (Lipinski definition) is 2. The van der Waals surface area contributed by atoms with Gasteiger partial charge in [0.05, 0.1) is 0 Å². The first kappa shape index (κ1) is 25.9. The number of nitrogens with one attached hydrogen (secondary N) is 1. The first-order chi connectivity index (χ1) is 11.2. The molecule has 0 aliphatic heterocycles. The van der Waals surface area contributed by atoms with Crippen molar-refractivity contribution >= 4 is 29.9 Å². The Bertz CT molecular complexity index is 304. The molecule has 0 bridgehead atoms. The second kappa shape index (κ2) is 19.0. The maximum atomic E-state index is 4.77. The molecule has 0 aromatic rings. The Labute approximate surface area is 168 Å². The number of hydrogen-bond donors (Lipinski definition) is 1. The fourth-order valence-corrected chi connectivity index (χ4v) is 2.56. The molecule has 0 fully saturated rings. The minimum Gasteiger partial charge on any atom is -0.357 e. The number of nitrogens with zero attached hydrogens (tertiary/aromatic N) is 3. The van der Waals surface area contributed by atoms with Crippen LogP contribution in [0.4, 0.5) is 0 Å². The minimum absolute atomic E-state index is 0. The molecule has 4 nitrogen and oxygen atoms in total. The topological polar surface area (TPSA) is 30.9 Å². The van der Waals surface area contributed by atoms with Crippen LogP contribution >= 0.6 is 24.0 Å². The zero-order valence-electron chi connectivity index (χ0n) is 16.5. The first-order valence-corrected chi connectivity index (χ1v) is 9.52. The fraction of sp³-hybridized carbons (Fsp3) is 0.842. The van der Waals surface area contributed by atoms with Gasteiger partial charge in [-0.05, 0) is 58.7 Å². The molecule has 5 heteroatoms. The van der Waals surface area contributed by atoms with Crippen molar-refractivity contribution in [2.24, 2.45) is 4.99 Å². The monoisotopic (exact) mass is 452 g/mol. The summed E-state index contributed by atoms with van der Waals surface area (Å²) < 4.78 is 0. The Hall–Kier alpha value is -0.300. The summed E-state index contributed by atoms with van der Waals surface area (Å²) in [5.41, 5.74) is 0. The molecular weight excluding hydrogens is 411 g/mol. The van der Waals surface area contributed by atoms with E-state index in [1.165, 1.54) is 38.6 Å². The third-order valence-corrected chi connectivity index (χ3v) is 4.14. The molecule has 0 aromatic carbocycles. The molecular formula is C19H41IN4. The van der Waals surface area contributed by atoms with Crippen LogP contribution in [-0.2, 0) is 0 Å². The van der Waals surface area contributed by atoms with E-state index in [1.54, 1.807) is 0 Å². The number of guanidine groups is 1. The van der Waals surface area contributed by atoms with Crippen molar-refractivity contribution in [3.8, 4) is 0 Å². The highest BCUT2D eigenvalue weighted by molar-refractivity contribution is 14.0. The van der Waals surface area contributed by atoms with E-state index >= 15 is 0 Å². The largest absolute Gasteiger partial charge is 0.357 e. The summed E-state index contributed by atoms with van der Waals surface area (Å²) in [5.74, 6) is 1.05. The van der Waals surface area contributed by atoms with Gasteiger partial charge in [-0.2, -0.15) is 0 Å². The van der Waals surface area contributed by atoms with Crippen LogP contribution in [0.25, 0.3) is 0 Å². The van der Waals surface area contributed by atoms with Crippen molar-refractivity contribution in [1.29, 1.82) is 0 Å². The van der Waals surface area contributed by atoms with Crippen molar-refractivity contribution in [3.63, 3.8) is 0 Å². The number of unbranched alkanes of at least 4 members (excludes halogenated alkanes) is 4. The molecule has 0 aliphatic carbocycles. The molecule has 1 N–H and O–H groups in total. The molecule has 0 heterocycles. The molecule has 0 amide bonds. The normalized spacial score (nSPS) is 11.3. The molecule has 0 aromatic heterocycles. The van der Waals surface area contributed by atoms with E-state index in [-0.39, 0.29) is 24.0 Å². The van der Waals surface area contributed by atoms with Gasteiger partial charge >= 0.3 is 0 Å². The van der Waals surface area contributed by atoms with Crippen molar-refractivity contribution in [2.45, 2.75) is 59.3 Å². The Morgan fingerprint density at radius 1 is 1.00 bits per heavy atom. The van der Waals surface area contributed by atoms with Crippen LogP contribution in [-0.4, -0.2) is 62.1 Å². The van der Waals surface area contributed by atoms with Crippen LogP contribution in [0.1, 0.15) is 59.3 Å². The zero-order valence-corrected chi connectivity index (χ0v) is 18.8. The standard InChI is InChI=1S/C19H40N4.HI/c1-6-10-11-12-14-17-22(5)19(20-7-2)21-16-13-15-18-23(8-3)9-4;/h6H,1,7-18H2,2-5H3,(H,20,21);1H. The third kappa shape index (κ3) is 14.1. The molecule has 0 rings (SSSR count). The Morgan fingerprint density at radius 3 is 2.25 bits per heavy atom. The van der Waals surface area contributed by atoms with E-state index in [9.17, 15) is 0 Å². The Balaban J connectivity index is 0. The van der Waals surface area contributed by atoms with Gasteiger partial charge in [-0.25, -0.2) is 0 Å². The highest BCUT2D eigenvalue weighted by Crippen LogP contribution is 2.02. The lowest BCUT2D eigenvalue weighted by Gasteiger charge is -2.22.